The molecule has 0 aliphatic heterocycles. The minimum absolute atomic E-state index is 0.625. The number of rotatable bonds is 2. The maximum atomic E-state index is 9.57. The van der Waals surface area contributed by atoms with Gasteiger partial charge in [0.15, 0.2) is 0 Å². The zero-order chi connectivity index (χ0) is 14.9. The molecular weight excluding hydrogens is 276 g/mol. The van der Waals surface area contributed by atoms with Crippen LogP contribution in [0.5, 0.6) is 0 Å². The van der Waals surface area contributed by atoms with E-state index in [0.717, 1.165) is 33.3 Å². The standard InChI is InChI=1S/C17H10N4O/c18-8-15-14-7-12(13-9-20-22-10-13)1-2-16(14)21-17(15)11-3-5-19-6-4-11/h1-7,9-10,21H. The van der Waals surface area contributed by atoms with E-state index < -0.39 is 0 Å². The Hall–Kier alpha value is -3.39. The normalized spacial score (nSPS) is 10.7. The predicted molar refractivity (Wildman–Crippen MR) is 81.7 cm³/mol. The number of nitriles is 1. The van der Waals surface area contributed by atoms with Crippen molar-refractivity contribution in [3.63, 3.8) is 0 Å². The van der Waals surface area contributed by atoms with Crippen molar-refractivity contribution in [3.05, 3.63) is 60.7 Å². The molecule has 5 nitrogen and oxygen atoms in total. The molecule has 104 valence electrons. The molecule has 3 heterocycles. The highest BCUT2D eigenvalue weighted by Crippen LogP contribution is 2.32. The summed E-state index contributed by atoms with van der Waals surface area (Å²) in [5, 5.41) is 14.2. The summed E-state index contributed by atoms with van der Waals surface area (Å²) in [5.41, 5.74) is 5.14. The molecule has 4 rings (SSSR count). The van der Waals surface area contributed by atoms with Crippen molar-refractivity contribution < 1.29 is 4.52 Å². The fourth-order valence-electron chi connectivity index (χ4n) is 2.57. The Bertz CT molecular complexity index is 979. The van der Waals surface area contributed by atoms with Crippen LogP contribution in [0.15, 0.2) is 59.7 Å². The molecule has 0 saturated carbocycles. The predicted octanol–water partition coefficient (Wildman–Crippen LogP) is 3.76. The van der Waals surface area contributed by atoms with Crippen molar-refractivity contribution in [2.24, 2.45) is 0 Å². The third-order valence-corrected chi connectivity index (χ3v) is 3.65. The number of pyridine rings is 1. The van der Waals surface area contributed by atoms with Gasteiger partial charge in [0, 0.05) is 34.4 Å². The van der Waals surface area contributed by atoms with Crippen LogP contribution in [0.3, 0.4) is 0 Å². The van der Waals surface area contributed by atoms with E-state index in [9.17, 15) is 5.26 Å². The first-order valence-corrected chi connectivity index (χ1v) is 6.73. The van der Waals surface area contributed by atoms with Crippen LogP contribution in [0.4, 0.5) is 0 Å². The topological polar surface area (TPSA) is 78.5 Å². The molecule has 0 fully saturated rings. The van der Waals surface area contributed by atoms with Gasteiger partial charge in [-0.25, -0.2) is 0 Å². The summed E-state index contributed by atoms with van der Waals surface area (Å²) in [7, 11) is 0. The van der Waals surface area contributed by atoms with Crippen LogP contribution < -0.4 is 0 Å². The van der Waals surface area contributed by atoms with Crippen molar-refractivity contribution in [3.8, 4) is 28.5 Å². The Morgan fingerprint density at radius 3 is 2.64 bits per heavy atom. The van der Waals surface area contributed by atoms with Gasteiger partial charge in [-0.05, 0) is 29.8 Å². The largest absolute Gasteiger partial charge is 0.364 e. The summed E-state index contributed by atoms with van der Waals surface area (Å²) < 4.78 is 4.88. The Morgan fingerprint density at radius 2 is 1.91 bits per heavy atom. The van der Waals surface area contributed by atoms with Gasteiger partial charge in [0.05, 0.1) is 17.5 Å². The van der Waals surface area contributed by atoms with Crippen molar-refractivity contribution in [1.29, 1.82) is 5.26 Å². The maximum Gasteiger partial charge on any atom is 0.131 e. The second kappa shape index (κ2) is 4.86. The van der Waals surface area contributed by atoms with Gasteiger partial charge in [0.25, 0.3) is 0 Å². The van der Waals surface area contributed by atoms with Crippen molar-refractivity contribution in [2.45, 2.75) is 0 Å². The van der Waals surface area contributed by atoms with Gasteiger partial charge in [-0.3, -0.25) is 4.98 Å². The molecule has 0 aliphatic rings. The number of aromatic nitrogens is 3. The lowest BCUT2D eigenvalue weighted by molar-refractivity contribution is 0.420. The van der Waals surface area contributed by atoms with E-state index in [1.54, 1.807) is 24.9 Å². The zero-order valence-electron chi connectivity index (χ0n) is 11.4. The lowest BCUT2D eigenvalue weighted by Crippen LogP contribution is -1.81. The van der Waals surface area contributed by atoms with Gasteiger partial charge in [-0.15, -0.1) is 0 Å². The SMILES string of the molecule is N#Cc1c(-c2ccncc2)[nH]c2ccc(-c3cnoc3)cc12. The molecule has 0 bridgehead atoms. The Labute approximate surface area is 125 Å². The van der Waals surface area contributed by atoms with Crippen LogP contribution in [0.2, 0.25) is 0 Å². The lowest BCUT2D eigenvalue weighted by Gasteiger charge is -1.97. The number of fused-ring (bicyclic) bond motifs is 1. The first-order chi connectivity index (χ1) is 10.9. The molecule has 0 radical (unpaired) electrons. The van der Waals surface area contributed by atoms with Gasteiger partial charge in [0.1, 0.15) is 12.3 Å². The Balaban J connectivity index is 1.96. The van der Waals surface area contributed by atoms with Crippen LogP contribution in [0.25, 0.3) is 33.3 Å². The third kappa shape index (κ3) is 1.86. The first-order valence-electron chi connectivity index (χ1n) is 6.73. The lowest BCUT2D eigenvalue weighted by atomic mass is 10.0. The number of nitrogens with one attached hydrogen (secondary N) is 1. The quantitative estimate of drug-likeness (QED) is 0.608. The van der Waals surface area contributed by atoms with Gasteiger partial charge in [-0.1, -0.05) is 11.2 Å². The van der Waals surface area contributed by atoms with Crippen LogP contribution in [0.1, 0.15) is 5.56 Å². The van der Waals surface area contributed by atoms with E-state index in [1.165, 1.54) is 0 Å². The molecule has 0 aliphatic carbocycles. The van der Waals surface area contributed by atoms with Crippen molar-refractivity contribution in [1.82, 2.24) is 15.1 Å². The first kappa shape index (κ1) is 12.4. The molecule has 22 heavy (non-hydrogen) atoms. The highest BCUT2D eigenvalue weighted by molar-refractivity contribution is 5.95. The molecule has 4 aromatic rings. The monoisotopic (exact) mass is 286 g/mol. The number of hydrogen-bond donors (Lipinski definition) is 1. The van der Waals surface area contributed by atoms with Gasteiger partial charge < -0.3 is 9.51 Å². The van der Waals surface area contributed by atoms with Crippen LogP contribution in [-0.2, 0) is 0 Å². The van der Waals surface area contributed by atoms with Crippen molar-refractivity contribution in [2.75, 3.05) is 0 Å². The Morgan fingerprint density at radius 1 is 1.05 bits per heavy atom. The van der Waals surface area contributed by atoms with E-state index in [2.05, 4.69) is 21.2 Å². The average molecular weight is 286 g/mol. The summed E-state index contributed by atoms with van der Waals surface area (Å²) in [4.78, 5) is 7.33. The fraction of sp³-hybridized carbons (Fsp3) is 0. The highest BCUT2D eigenvalue weighted by atomic mass is 16.5. The van der Waals surface area contributed by atoms with Gasteiger partial charge in [-0.2, -0.15) is 5.26 Å². The van der Waals surface area contributed by atoms with Crippen LogP contribution in [-0.4, -0.2) is 15.1 Å². The fourth-order valence-corrected chi connectivity index (χ4v) is 2.57. The molecule has 0 unspecified atom stereocenters. The molecule has 3 aromatic heterocycles. The molecule has 0 atom stereocenters. The molecule has 0 spiro atoms. The van der Waals surface area contributed by atoms with E-state index >= 15 is 0 Å². The van der Waals surface area contributed by atoms with Gasteiger partial charge in [0.2, 0.25) is 0 Å². The second-order valence-electron chi connectivity index (χ2n) is 4.90. The Kier molecular flexibility index (Phi) is 2.73. The van der Waals surface area contributed by atoms with E-state index in [0.29, 0.717) is 5.56 Å². The molecule has 1 N–H and O–H groups in total. The number of benzene rings is 1. The average Bonchev–Trinajstić information content (AvgIpc) is 3.22. The minimum atomic E-state index is 0.625. The molecular formula is C17H10N4O. The number of H-pyrrole nitrogens is 1. The van der Waals surface area contributed by atoms with Crippen molar-refractivity contribution >= 4 is 10.9 Å². The summed E-state index contributed by atoms with van der Waals surface area (Å²) in [5.74, 6) is 0. The molecule has 1 aromatic carbocycles. The van der Waals surface area contributed by atoms with E-state index in [4.69, 9.17) is 4.52 Å². The second-order valence-corrected chi connectivity index (χ2v) is 4.90. The molecule has 0 amide bonds. The van der Waals surface area contributed by atoms with Gasteiger partial charge >= 0.3 is 0 Å². The smallest absolute Gasteiger partial charge is 0.131 e. The van der Waals surface area contributed by atoms with Crippen LogP contribution in [0, 0.1) is 11.3 Å². The molecule has 0 saturated heterocycles. The summed E-state index contributed by atoms with van der Waals surface area (Å²) in [6.07, 6.45) is 6.67. The summed E-state index contributed by atoms with van der Waals surface area (Å²) in [6.45, 7) is 0. The number of hydrogen-bond acceptors (Lipinski definition) is 4. The summed E-state index contributed by atoms with van der Waals surface area (Å²) >= 11 is 0. The summed E-state index contributed by atoms with van der Waals surface area (Å²) in [6, 6.07) is 12.0. The third-order valence-electron chi connectivity index (χ3n) is 3.65. The van der Waals surface area contributed by atoms with Crippen LogP contribution >= 0.6 is 0 Å². The number of nitrogens with zero attached hydrogens (tertiary/aromatic N) is 3. The van der Waals surface area contributed by atoms with E-state index in [-0.39, 0.29) is 0 Å². The molecule has 5 heteroatoms. The minimum Gasteiger partial charge on any atom is -0.364 e. The zero-order valence-corrected chi connectivity index (χ0v) is 11.4. The maximum absolute atomic E-state index is 9.57. The number of aromatic amines is 1. The highest BCUT2D eigenvalue weighted by Gasteiger charge is 2.14. The van der Waals surface area contributed by atoms with E-state index in [1.807, 2.05) is 30.3 Å².